The van der Waals surface area contributed by atoms with Crippen LogP contribution in [0.2, 0.25) is 0 Å². The van der Waals surface area contributed by atoms with Crippen LogP contribution in [0.25, 0.3) is 5.82 Å². The summed E-state index contributed by atoms with van der Waals surface area (Å²) in [5.74, 6) is -0.390. The molecule has 8 nitrogen and oxygen atoms in total. The zero-order chi connectivity index (χ0) is 21.8. The van der Waals surface area contributed by atoms with E-state index < -0.39 is 11.9 Å². The number of esters is 1. The number of rotatable bonds is 6. The molecule has 0 saturated carbocycles. The van der Waals surface area contributed by atoms with E-state index in [-0.39, 0.29) is 12.2 Å². The number of ether oxygens (including phenoxy) is 1. The fourth-order valence-corrected chi connectivity index (χ4v) is 3.64. The summed E-state index contributed by atoms with van der Waals surface area (Å²) in [6, 6.07) is 12.9. The Bertz CT molecular complexity index is 1070. The van der Waals surface area contributed by atoms with Crippen LogP contribution in [0.5, 0.6) is 0 Å². The van der Waals surface area contributed by atoms with Crippen molar-refractivity contribution < 1.29 is 14.3 Å². The average molecular weight is 419 g/mol. The van der Waals surface area contributed by atoms with Crippen LogP contribution in [0, 0.1) is 13.8 Å². The van der Waals surface area contributed by atoms with Gasteiger partial charge in [0.2, 0.25) is 0 Å². The van der Waals surface area contributed by atoms with Gasteiger partial charge in [-0.2, -0.15) is 5.10 Å². The molecule has 2 aromatic heterocycles. The summed E-state index contributed by atoms with van der Waals surface area (Å²) in [4.78, 5) is 31.0. The first kappa shape index (κ1) is 20.6. The van der Waals surface area contributed by atoms with Gasteiger partial charge in [0.1, 0.15) is 0 Å². The Hall–Kier alpha value is -3.68. The smallest absolute Gasteiger partial charge is 0.340 e. The normalized spacial score (nSPS) is 13.3. The number of hydrogen-bond donors (Lipinski definition) is 1. The maximum absolute atomic E-state index is 12.2. The van der Waals surface area contributed by atoms with Gasteiger partial charge in [0.15, 0.2) is 12.4 Å². The molecular weight excluding hydrogens is 394 g/mol. The van der Waals surface area contributed by atoms with Crippen LogP contribution in [-0.2, 0) is 9.53 Å². The van der Waals surface area contributed by atoms with Crippen LogP contribution < -0.4 is 10.2 Å². The maximum Gasteiger partial charge on any atom is 0.340 e. The molecule has 0 bridgehead atoms. The van der Waals surface area contributed by atoms with Gasteiger partial charge in [-0.1, -0.05) is 0 Å². The largest absolute Gasteiger partial charge is 0.452 e. The molecule has 1 saturated heterocycles. The fourth-order valence-electron chi connectivity index (χ4n) is 3.64. The summed E-state index contributed by atoms with van der Waals surface area (Å²) >= 11 is 0. The number of nitrogens with zero attached hydrogens (tertiary/aromatic N) is 4. The third-order valence-electron chi connectivity index (χ3n) is 5.17. The SMILES string of the molecule is Cc1cc(C)n(-c2ccc(C(=O)OCC(=O)Nc3ccc(N4CCCC4)cc3)cn2)n1. The summed E-state index contributed by atoms with van der Waals surface area (Å²) in [5, 5.41) is 7.11. The van der Waals surface area contributed by atoms with Crippen molar-refractivity contribution in [2.75, 3.05) is 29.9 Å². The van der Waals surface area contributed by atoms with Gasteiger partial charge < -0.3 is 15.0 Å². The lowest BCUT2D eigenvalue weighted by atomic mass is 10.2. The summed E-state index contributed by atoms with van der Waals surface area (Å²) in [7, 11) is 0. The molecule has 1 amide bonds. The first-order valence-corrected chi connectivity index (χ1v) is 10.3. The van der Waals surface area contributed by atoms with Crippen molar-refractivity contribution in [3.05, 3.63) is 65.6 Å². The van der Waals surface area contributed by atoms with Crippen molar-refractivity contribution in [2.45, 2.75) is 26.7 Å². The summed E-state index contributed by atoms with van der Waals surface area (Å²) in [5.41, 5.74) is 3.93. The van der Waals surface area contributed by atoms with E-state index >= 15 is 0 Å². The van der Waals surface area contributed by atoms with E-state index in [0.29, 0.717) is 11.5 Å². The van der Waals surface area contributed by atoms with Gasteiger partial charge in [-0.25, -0.2) is 14.5 Å². The van der Waals surface area contributed by atoms with Gasteiger partial charge in [0, 0.05) is 36.4 Å². The van der Waals surface area contributed by atoms with Gasteiger partial charge >= 0.3 is 5.97 Å². The molecule has 0 unspecified atom stereocenters. The first-order chi connectivity index (χ1) is 15.0. The molecule has 1 aliphatic rings. The highest BCUT2D eigenvalue weighted by atomic mass is 16.5. The molecule has 3 aromatic rings. The third-order valence-corrected chi connectivity index (χ3v) is 5.17. The van der Waals surface area contributed by atoms with Crippen LogP contribution in [0.4, 0.5) is 11.4 Å². The minimum Gasteiger partial charge on any atom is -0.452 e. The second-order valence-corrected chi connectivity index (χ2v) is 7.61. The maximum atomic E-state index is 12.2. The van der Waals surface area contributed by atoms with Gasteiger partial charge in [-0.05, 0) is 69.2 Å². The predicted molar refractivity (Wildman–Crippen MR) is 118 cm³/mol. The molecule has 0 spiro atoms. The minimum atomic E-state index is -0.605. The lowest BCUT2D eigenvalue weighted by molar-refractivity contribution is -0.119. The van der Waals surface area contributed by atoms with Crippen LogP contribution >= 0.6 is 0 Å². The summed E-state index contributed by atoms with van der Waals surface area (Å²) in [6.45, 7) is 5.61. The van der Waals surface area contributed by atoms with E-state index in [0.717, 1.165) is 30.2 Å². The number of benzene rings is 1. The Morgan fingerprint density at radius 1 is 1.06 bits per heavy atom. The number of anilines is 2. The van der Waals surface area contributed by atoms with Crippen molar-refractivity contribution >= 4 is 23.3 Å². The molecule has 1 N–H and O–H groups in total. The Balaban J connectivity index is 1.29. The van der Waals surface area contributed by atoms with E-state index in [1.54, 1.807) is 16.8 Å². The lowest BCUT2D eigenvalue weighted by Crippen LogP contribution is -2.21. The molecular formula is C23H25N5O3. The number of hydrogen-bond acceptors (Lipinski definition) is 6. The number of aryl methyl sites for hydroxylation is 2. The Morgan fingerprint density at radius 3 is 2.42 bits per heavy atom. The summed E-state index contributed by atoms with van der Waals surface area (Å²) in [6.07, 6.45) is 3.85. The average Bonchev–Trinajstić information content (AvgIpc) is 3.42. The Morgan fingerprint density at radius 2 is 1.81 bits per heavy atom. The molecule has 1 fully saturated rings. The zero-order valence-corrected chi connectivity index (χ0v) is 17.7. The third kappa shape index (κ3) is 4.91. The number of carbonyl (C=O) groups excluding carboxylic acids is 2. The molecule has 160 valence electrons. The van der Waals surface area contributed by atoms with Crippen LogP contribution in [0.3, 0.4) is 0 Å². The highest BCUT2D eigenvalue weighted by Gasteiger charge is 2.14. The lowest BCUT2D eigenvalue weighted by Gasteiger charge is -2.17. The molecule has 0 atom stereocenters. The number of amides is 1. The molecule has 1 aliphatic heterocycles. The van der Waals surface area contributed by atoms with Gasteiger partial charge in [-0.3, -0.25) is 4.79 Å². The topological polar surface area (TPSA) is 89.4 Å². The van der Waals surface area contributed by atoms with Crippen LogP contribution in [-0.4, -0.2) is 46.3 Å². The van der Waals surface area contributed by atoms with Crippen molar-refractivity contribution in [3.63, 3.8) is 0 Å². The molecule has 3 heterocycles. The van der Waals surface area contributed by atoms with Gasteiger partial charge in [0.25, 0.3) is 5.91 Å². The number of carbonyl (C=O) groups is 2. The predicted octanol–water partition coefficient (Wildman–Crippen LogP) is 3.28. The van der Waals surface area contributed by atoms with Crippen molar-refractivity contribution in [1.29, 1.82) is 0 Å². The molecule has 31 heavy (non-hydrogen) atoms. The van der Waals surface area contributed by atoms with Gasteiger partial charge in [0.05, 0.1) is 11.3 Å². The molecule has 0 aliphatic carbocycles. The number of nitrogens with one attached hydrogen (secondary N) is 1. The highest BCUT2D eigenvalue weighted by Crippen LogP contribution is 2.22. The van der Waals surface area contributed by atoms with Crippen LogP contribution in [0.1, 0.15) is 34.6 Å². The number of pyridine rings is 1. The quantitative estimate of drug-likeness (QED) is 0.617. The van der Waals surface area contributed by atoms with E-state index in [9.17, 15) is 9.59 Å². The molecule has 0 radical (unpaired) electrons. The Kier molecular flexibility index (Phi) is 5.97. The van der Waals surface area contributed by atoms with Crippen molar-refractivity contribution in [2.24, 2.45) is 0 Å². The van der Waals surface area contributed by atoms with E-state index in [4.69, 9.17) is 4.74 Å². The second kappa shape index (κ2) is 8.99. The van der Waals surface area contributed by atoms with E-state index in [1.807, 2.05) is 44.2 Å². The highest BCUT2D eigenvalue weighted by molar-refractivity contribution is 5.95. The monoisotopic (exact) mass is 419 g/mol. The second-order valence-electron chi connectivity index (χ2n) is 7.61. The van der Waals surface area contributed by atoms with Crippen molar-refractivity contribution in [1.82, 2.24) is 14.8 Å². The minimum absolute atomic E-state index is 0.271. The molecule has 8 heteroatoms. The van der Waals surface area contributed by atoms with Crippen LogP contribution in [0.15, 0.2) is 48.7 Å². The zero-order valence-electron chi connectivity index (χ0n) is 17.7. The van der Waals surface area contributed by atoms with E-state index in [1.165, 1.54) is 19.0 Å². The van der Waals surface area contributed by atoms with Crippen molar-refractivity contribution in [3.8, 4) is 5.82 Å². The molecule has 1 aromatic carbocycles. The molecule has 4 rings (SSSR count). The Labute approximate surface area is 180 Å². The number of aromatic nitrogens is 3. The first-order valence-electron chi connectivity index (χ1n) is 10.3. The van der Waals surface area contributed by atoms with E-state index in [2.05, 4.69) is 20.3 Å². The summed E-state index contributed by atoms with van der Waals surface area (Å²) < 4.78 is 6.82. The van der Waals surface area contributed by atoms with Gasteiger partial charge in [-0.15, -0.1) is 0 Å². The standard InChI is InChI=1S/C23H25N5O3/c1-16-13-17(2)28(26-16)21-10-5-18(14-24-21)23(30)31-15-22(29)25-19-6-8-20(9-7-19)27-11-3-4-12-27/h5-10,13-14H,3-4,11-12,15H2,1-2H3,(H,25,29). The fraction of sp³-hybridized carbons (Fsp3) is 0.304.